The van der Waals surface area contributed by atoms with Crippen LogP contribution >= 0.6 is 0 Å². The summed E-state index contributed by atoms with van der Waals surface area (Å²) in [6.07, 6.45) is 8.79. The van der Waals surface area contributed by atoms with Gasteiger partial charge in [-0.15, -0.1) is 5.10 Å². The molecule has 1 atom stereocenters. The predicted octanol–water partition coefficient (Wildman–Crippen LogP) is 2.68. The number of carbonyl (C=O) groups is 1. The number of nitrogens with one attached hydrogen (secondary N) is 3. The van der Waals surface area contributed by atoms with Crippen LogP contribution in [-0.4, -0.2) is 66.2 Å². The lowest BCUT2D eigenvalue weighted by Crippen LogP contribution is -2.54. The molecule has 1 amide bonds. The van der Waals surface area contributed by atoms with Gasteiger partial charge in [0, 0.05) is 43.4 Å². The van der Waals surface area contributed by atoms with Crippen molar-refractivity contribution in [2.75, 3.05) is 23.7 Å². The Morgan fingerprint density at radius 2 is 2.21 bits per heavy atom. The average molecular weight is 463 g/mol. The molecule has 0 radical (unpaired) electrons. The van der Waals surface area contributed by atoms with Crippen LogP contribution in [0.2, 0.25) is 0 Å². The van der Waals surface area contributed by atoms with Crippen molar-refractivity contribution in [1.29, 1.82) is 0 Å². The fourth-order valence-corrected chi connectivity index (χ4v) is 4.95. The van der Waals surface area contributed by atoms with Gasteiger partial charge in [-0.1, -0.05) is 6.08 Å². The van der Waals surface area contributed by atoms with Gasteiger partial charge < -0.3 is 15.5 Å². The van der Waals surface area contributed by atoms with E-state index >= 15 is 0 Å². The van der Waals surface area contributed by atoms with E-state index in [9.17, 15) is 4.79 Å². The predicted molar refractivity (Wildman–Crippen MR) is 129 cm³/mol. The van der Waals surface area contributed by atoms with Gasteiger partial charge in [0.25, 0.3) is 5.91 Å². The number of aliphatic imine (C=N–C) groups is 1. The minimum Gasteiger partial charge on any atom is -0.325 e. The van der Waals surface area contributed by atoms with Crippen LogP contribution in [0.15, 0.2) is 40.2 Å². The van der Waals surface area contributed by atoms with Gasteiger partial charge in [0.2, 0.25) is 5.96 Å². The van der Waals surface area contributed by atoms with Gasteiger partial charge in [0.05, 0.1) is 11.9 Å². The number of aryl methyl sites for hydroxylation is 1. The first-order valence-electron chi connectivity index (χ1n) is 12.1. The number of hydrogen-bond donors (Lipinski definition) is 3. The molecule has 1 saturated carbocycles. The molecule has 6 rings (SSSR count). The average Bonchev–Trinajstić information content (AvgIpc) is 3.23. The Bertz CT molecular complexity index is 1200. The number of carbonyl (C=O) groups excluding carboxylic acids is 1. The molecule has 1 aliphatic carbocycles. The van der Waals surface area contributed by atoms with Crippen LogP contribution in [0.3, 0.4) is 0 Å². The van der Waals surface area contributed by atoms with Crippen LogP contribution in [0.1, 0.15) is 57.6 Å². The molecule has 4 aliphatic rings. The number of H-pyrrole nitrogens is 1. The Hall–Kier alpha value is -3.63. The van der Waals surface area contributed by atoms with Gasteiger partial charge in [-0.3, -0.25) is 14.9 Å². The highest BCUT2D eigenvalue weighted by Gasteiger charge is 2.46. The monoisotopic (exact) mass is 462 g/mol. The van der Waals surface area contributed by atoms with Crippen molar-refractivity contribution in [3.05, 3.63) is 35.8 Å². The molecule has 1 saturated heterocycles. The molecule has 2 aromatic heterocycles. The molecule has 11 nitrogen and oxygen atoms in total. The number of amides is 1. The van der Waals surface area contributed by atoms with Crippen molar-refractivity contribution in [1.82, 2.24) is 29.9 Å². The van der Waals surface area contributed by atoms with Crippen LogP contribution in [0.25, 0.3) is 0 Å². The molecule has 0 unspecified atom stereocenters. The molecule has 3 aliphatic heterocycles. The van der Waals surface area contributed by atoms with Crippen molar-refractivity contribution in [2.24, 2.45) is 10.1 Å². The van der Waals surface area contributed by atoms with Gasteiger partial charge in [0.15, 0.2) is 11.7 Å². The van der Waals surface area contributed by atoms with Crippen LogP contribution in [0.5, 0.6) is 0 Å². The molecule has 0 bridgehead atoms. The molecule has 11 heteroatoms. The number of amidine groups is 1. The summed E-state index contributed by atoms with van der Waals surface area (Å²) in [5.74, 6) is 3.25. The largest absolute Gasteiger partial charge is 0.325 e. The van der Waals surface area contributed by atoms with Crippen molar-refractivity contribution in [3.8, 4) is 0 Å². The number of fused-ring (bicyclic) bond motifs is 1. The lowest BCUT2D eigenvalue weighted by Gasteiger charge is -2.36. The van der Waals surface area contributed by atoms with Gasteiger partial charge in [0.1, 0.15) is 11.4 Å². The molecule has 5 heterocycles. The number of hydrazone groups is 1. The maximum Gasteiger partial charge on any atom is 0.251 e. The summed E-state index contributed by atoms with van der Waals surface area (Å²) < 4.78 is 1.78. The number of nitrogens with zero attached hydrogens (tertiary/aromatic N) is 7. The zero-order chi connectivity index (χ0) is 23.3. The van der Waals surface area contributed by atoms with Crippen LogP contribution < -0.4 is 10.6 Å². The fraction of sp³-hybridized carbons (Fsp3) is 0.522. The quantitative estimate of drug-likeness (QED) is 0.629. The number of anilines is 2. The highest BCUT2D eigenvalue weighted by atomic mass is 16.2. The molecule has 178 valence electrons. The zero-order valence-electron chi connectivity index (χ0n) is 19.6. The molecule has 3 N–H and O–H groups in total. The fourth-order valence-electron chi connectivity index (χ4n) is 4.95. The first-order valence-corrected chi connectivity index (χ1v) is 12.1. The third kappa shape index (κ3) is 3.55. The van der Waals surface area contributed by atoms with E-state index in [0.29, 0.717) is 30.8 Å². The maximum atomic E-state index is 13.5. The molecular weight excluding hydrogens is 432 g/mol. The summed E-state index contributed by atoms with van der Waals surface area (Å²) in [5.41, 5.74) is 1.36. The smallest absolute Gasteiger partial charge is 0.251 e. The van der Waals surface area contributed by atoms with Crippen molar-refractivity contribution in [2.45, 2.75) is 64.0 Å². The third-order valence-electron chi connectivity index (χ3n) is 7.11. The van der Waals surface area contributed by atoms with E-state index in [2.05, 4.69) is 38.1 Å². The molecular formula is C23H30N10O. The second-order valence-electron chi connectivity index (χ2n) is 9.48. The highest BCUT2D eigenvalue weighted by molar-refractivity contribution is 6.14. The number of guanidine groups is 1. The van der Waals surface area contributed by atoms with Gasteiger partial charge in [-0.05, 0) is 46.0 Å². The number of aromatic nitrogens is 4. The first kappa shape index (κ1) is 20.9. The van der Waals surface area contributed by atoms with E-state index in [1.54, 1.807) is 10.9 Å². The van der Waals surface area contributed by atoms with E-state index in [1.165, 1.54) is 18.5 Å². The summed E-state index contributed by atoms with van der Waals surface area (Å²) in [7, 11) is 0. The van der Waals surface area contributed by atoms with Crippen LogP contribution in [0, 0.1) is 0 Å². The Labute approximate surface area is 198 Å². The molecule has 34 heavy (non-hydrogen) atoms. The molecule has 0 aromatic carbocycles. The van der Waals surface area contributed by atoms with Crippen molar-refractivity contribution < 1.29 is 4.79 Å². The second-order valence-corrected chi connectivity index (χ2v) is 9.48. The SMILES string of the molecule is CCn1nccc1NC(=O)[C@]1(C)CCCN1C1=NN2CCC=C2C(Nc2cc(C3CC3)[nH]n2)=N1. The summed E-state index contributed by atoms with van der Waals surface area (Å²) in [6, 6.07) is 3.89. The van der Waals surface area contributed by atoms with Crippen LogP contribution in [0.4, 0.5) is 11.6 Å². The summed E-state index contributed by atoms with van der Waals surface area (Å²) in [4.78, 5) is 20.4. The van der Waals surface area contributed by atoms with E-state index < -0.39 is 5.54 Å². The lowest BCUT2D eigenvalue weighted by molar-refractivity contribution is -0.123. The summed E-state index contributed by atoms with van der Waals surface area (Å²) in [5, 5.41) is 25.1. The highest BCUT2D eigenvalue weighted by Crippen LogP contribution is 2.39. The standard InChI is InChI=1S/C23H30N10O/c1-3-32-19(9-11-24-32)26-21(34)23(2)10-5-12-31(23)22-27-20(17-6-4-13-33(17)30-22)25-18-14-16(28-29-18)15-7-8-15/h6,9,11,14-15H,3-5,7-8,10,12-13H2,1-2H3,(H,26,34)(H2,25,27,28,29,30)/t23-/m0/s1. The normalized spacial score (nSPS) is 24.0. The minimum atomic E-state index is -0.761. The second kappa shape index (κ2) is 8.00. The number of hydrogen-bond acceptors (Lipinski definition) is 8. The Morgan fingerprint density at radius 1 is 1.32 bits per heavy atom. The maximum absolute atomic E-state index is 13.5. The van der Waals surface area contributed by atoms with Gasteiger partial charge in [-0.2, -0.15) is 15.2 Å². The summed E-state index contributed by atoms with van der Waals surface area (Å²) >= 11 is 0. The number of aromatic amines is 1. The molecule has 0 spiro atoms. The van der Waals surface area contributed by atoms with Crippen molar-refractivity contribution in [3.63, 3.8) is 0 Å². The zero-order valence-corrected chi connectivity index (χ0v) is 19.6. The minimum absolute atomic E-state index is 0.0725. The Kier molecular flexibility index (Phi) is 4.93. The first-order chi connectivity index (χ1) is 16.5. The summed E-state index contributed by atoms with van der Waals surface area (Å²) in [6.45, 7) is 6.17. The molecule has 2 fully saturated rings. The van der Waals surface area contributed by atoms with Crippen LogP contribution in [-0.2, 0) is 11.3 Å². The Balaban J connectivity index is 1.27. The Morgan fingerprint density at radius 3 is 3.03 bits per heavy atom. The topological polar surface area (TPSA) is 119 Å². The van der Waals surface area contributed by atoms with E-state index in [4.69, 9.17) is 10.1 Å². The van der Waals surface area contributed by atoms with E-state index in [-0.39, 0.29) is 5.91 Å². The van der Waals surface area contributed by atoms with Gasteiger partial charge in [-0.25, -0.2) is 4.68 Å². The van der Waals surface area contributed by atoms with Gasteiger partial charge >= 0.3 is 0 Å². The lowest BCUT2D eigenvalue weighted by atomic mass is 9.98. The van der Waals surface area contributed by atoms with Crippen molar-refractivity contribution >= 4 is 29.3 Å². The molecule has 2 aromatic rings. The number of rotatable bonds is 5. The third-order valence-corrected chi connectivity index (χ3v) is 7.11. The van der Waals surface area contributed by atoms with E-state index in [1.807, 2.05) is 29.8 Å². The van der Waals surface area contributed by atoms with E-state index in [0.717, 1.165) is 43.2 Å². The number of likely N-dealkylation sites (tertiary alicyclic amines) is 1.